The number of anilines is 1. The van der Waals surface area contributed by atoms with Gasteiger partial charge in [-0.3, -0.25) is 0 Å². The molecule has 2 aromatic rings. The lowest BCUT2D eigenvalue weighted by molar-refractivity contribution is 0.172. The number of nitrogen functional groups attached to an aromatic ring is 1. The molecule has 120 valence electrons. The molecule has 2 heteroatoms. The molecule has 1 heterocycles. The normalized spacial score (nSPS) is 18.2. The number of benzene rings is 2. The van der Waals surface area contributed by atoms with Gasteiger partial charge in [0.1, 0.15) is 0 Å². The Morgan fingerprint density at radius 3 is 2.48 bits per heavy atom. The van der Waals surface area contributed by atoms with Crippen LogP contribution in [0.1, 0.15) is 49.3 Å². The summed E-state index contributed by atoms with van der Waals surface area (Å²) in [5, 5.41) is 0. The molecule has 2 aromatic carbocycles. The van der Waals surface area contributed by atoms with Gasteiger partial charge in [-0.05, 0) is 73.5 Å². The van der Waals surface area contributed by atoms with Gasteiger partial charge in [0.05, 0.1) is 0 Å². The molecule has 0 spiro atoms. The van der Waals surface area contributed by atoms with E-state index in [1.165, 1.54) is 53.7 Å². The Labute approximate surface area is 139 Å². The topological polar surface area (TPSA) is 29.3 Å². The predicted molar refractivity (Wildman–Crippen MR) is 97.8 cm³/mol. The van der Waals surface area contributed by atoms with Crippen molar-refractivity contribution in [3.05, 3.63) is 53.1 Å². The average Bonchev–Trinajstić information content (AvgIpc) is 2.95. The SMILES string of the molecule is CC(C)N1CCC(c2ccc3c(c2N)Cc2ccccc2-3)CC1. The Kier molecular flexibility index (Phi) is 3.65. The lowest BCUT2D eigenvalue weighted by Gasteiger charge is -2.35. The molecule has 4 rings (SSSR count). The van der Waals surface area contributed by atoms with E-state index in [2.05, 4.69) is 55.1 Å². The zero-order valence-electron chi connectivity index (χ0n) is 14.2. The van der Waals surface area contributed by atoms with E-state index in [1.54, 1.807) is 0 Å². The summed E-state index contributed by atoms with van der Waals surface area (Å²) in [6.45, 7) is 6.97. The van der Waals surface area contributed by atoms with Crippen molar-refractivity contribution >= 4 is 5.69 Å². The van der Waals surface area contributed by atoms with Gasteiger partial charge in [0, 0.05) is 18.2 Å². The van der Waals surface area contributed by atoms with E-state index < -0.39 is 0 Å². The molecular formula is C21H26N2. The highest BCUT2D eigenvalue weighted by atomic mass is 15.1. The molecule has 0 bridgehead atoms. The lowest BCUT2D eigenvalue weighted by atomic mass is 9.86. The van der Waals surface area contributed by atoms with Crippen LogP contribution >= 0.6 is 0 Å². The van der Waals surface area contributed by atoms with Crippen LogP contribution in [0.2, 0.25) is 0 Å². The highest BCUT2D eigenvalue weighted by Crippen LogP contribution is 2.43. The fourth-order valence-corrected chi connectivity index (χ4v) is 4.34. The third kappa shape index (κ3) is 2.46. The van der Waals surface area contributed by atoms with Gasteiger partial charge < -0.3 is 10.6 Å². The smallest absolute Gasteiger partial charge is 0.0391 e. The molecule has 2 aliphatic rings. The van der Waals surface area contributed by atoms with Crippen LogP contribution in [0.5, 0.6) is 0 Å². The Balaban J connectivity index is 1.62. The summed E-state index contributed by atoms with van der Waals surface area (Å²) in [6, 6.07) is 14.0. The summed E-state index contributed by atoms with van der Waals surface area (Å²) in [5.41, 5.74) is 14.6. The number of nitrogens with two attached hydrogens (primary N) is 1. The molecule has 2 N–H and O–H groups in total. The summed E-state index contributed by atoms with van der Waals surface area (Å²) >= 11 is 0. The summed E-state index contributed by atoms with van der Waals surface area (Å²) in [5.74, 6) is 0.624. The molecule has 0 unspecified atom stereocenters. The van der Waals surface area contributed by atoms with Crippen molar-refractivity contribution in [2.75, 3.05) is 18.8 Å². The molecule has 1 aliphatic carbocycles. The number of likely N-dealkylation sites (tertiary alicyclic amines) is 1. The Hall–Kier alpha value is -1.80. The van der Waals surface area contributed by atoms with E-state index in [-0.39, 0.29) is 0 Å². The van der Waals surface area contributed by atoms with E-state index in [0.717, 1.165) is 12.1 Å². The largest absolute Gasteiger partial charge is 0.398 e. The third-order valence-electron chi connectivity index (χ3n) is 5.77. The number of nitrogens with zero attached hydrogens (tertiary/aromatic N) is 1. The van der Waals surface area contributed by atoms with E-state index in [0.29, 0.717) is 12.0 Å². The molecule has 1 aliphatic heterocycles. The Morgan fingerprint density at radius 1 is 1.00 bits per heavy atom. The molecule has 0 aromatic heterocycles. The quantitative estimate of drug-likeness (QED) is 0.710. The minimum absolute atomic E-state index is 0.624. The average molecular weight is 306 g/mol. The molecule has 23 heavy (non-hydrogen) atoms. The first-order valence-corrected chi connectivity index (χ1v) is 8.88. The third-order valence-corrected chi connectivity index (χ3v) is 5.77. The highest BCUT2D eigenvalue weighted by Gasteiger charge is 2.27. The second-order valence-electron chi connectivity index (χ2n) is 7.33. The van der Waals surface area contributed by atoms with Gasteiger partial charge >= 0.3 is 0 Å². The van der Waals surface area contributed by atoms with Crippen LogP contribution in [0.4, 0.5) is 5.69 Å². The van der Waals surface area contributed by atoms with E-state index >= 15 is 0 Å². The van der Waals surface area contributed by atoms with Crippen molar-refractivity contribution in [3.8, 4) is 11.1 Å². The maximum atomic E-state index is 6.63. The first kappa shape index (κ1) is 14.8. The second kappa shape index (κ2) is 5.68. The molecule has 0 radical (unpaired) electrons. The Morgan fingerprint density at radius 2 is 1.74 bits per heavy atom. The standard InChI is InChI=1S/C21H26N2/c1-14(2)23-11-9-15(10-12-23)18-7-8-19-17-6-4-3-5-16(17)13-20(19)21(18)22/h3-8,14-15H,9-13,22H2,1-2H3. The van der Waals surface area contributed by atoms with Crippen molar-refractivity contribution in [1.29, 1.82) is 0 Å². The summed E-state index contributed by atoms with van der Waals surface area (Å²) in [6.07, 6.45) is 3.46. The molecule has 2 nitrogen and oxygen atoms in total. The lowest BCUT2D eigenvalue weighted by Crippen LogP contribution is -2.38. The van der Waals surface area contributed by atoms with Crippen LogP contribution in [0, 0.1) is 0 Å². The molecule has 1 saturated heterocycles. The van der Waals surface area contributed by atoms with Crippen molar-refractivity contribution < 1.29 is 0 Å². The fourth-order valence-electron chi connectivity index (χ4n) is 4.34. The molecule has 1 fully saturated rings. The number of piperidine rings is 1. The van der Waals surface area contributed by atoms with Gasteiger partial charge in [-0.1, -0.05) is 36.4 Å². The summed E-state index contributed by atoms with van der Waals surface area (Å²) in [4.78, 5) is 2.58. The molecule has 0 saturated carbocycles. The zero-order chi connectivity index (χ0) is 16.0. The van der Waals surface area contributed by atoms with E-state index in [9.17, 15) is 0 Å². The minimum atomic E-state index is 0.624. The fraction of sp³-hybridized carbons (Fsp3) is 0.429. The summed E-state index contributed by atoms with van der Waals surface area (Å²) in [7, 11) is 0. The van der Waals surface area contributed by atoms with Crippen LogP contribution in [0.3, 0.4) is 0 Å². The number of rotatable bonds is 2. The van der Waals surface area contributed by atoms with Gasteiger partial charge in [0.2, 0.25) is 0 Å². The minimum Gasteiger partial charge on any atom is -0.398 e. The van der Waals surface area contributed by atoms with Gasteiger partial charge in [0.25, 0.3) is 0 Å². The number of fused-ring (bicyclic) bond motifs is 3. The number of hydrogen-bond acceptors (Lipinski definition) is 2. The van der Waals surface area contributed by atoms with E-state index in [1.807, 2.05) is 0 Å². The summed E-state index contributed by atoms with van der Waals surface area (Å²) < 4.78 is 0. The Bertz CT molecular complexity index is 725. The van der Waals surface area contributed by atoms with Gasteiger partial charge in [-0.15, -0.1) is 0 Å². The molecule has 0 amide bonds. The van der Waals surface area contributed by atoms with Crippen LogP contribution in [0.25, 0.3) is 11.1 Å². The van der Waals surface area contributed by atoms with Crippen molar-refractivity contribution in [1.82, 2.24) is 4.90 Å². The monoisotopic (exact) mass is 306 g/mol. The van der Waals surface area contributed by atoms with Crippen molar-refractivity contribution in [2.24, 2.45) is 0 Å². The highest BCUT2D eigenvalue weighted by molar-refractivity contribution is 5.82. The van der Waals surface area contributed by atoms with E-state index in [4.69, 9.17) is 5.73 Å². The first-order chi connectivity index (χ1) is 11.1. The van der Waals surface area contributed by atoms with Crippen LogP contribution in [-0.2, 0) is 6.42 Å². The maximum Gasteiger partial charge on any atom is 0.0391 e. The molecule has 0 atom stereocenters. The van der Waals surface area contributed by atoms with Gasteiger partial charge in [-0.25, -0.2) is 0 Å². The predicted octanol–water partition coefficient (Wildman–Crippen LogP) is 4.43. The van der Waals surface area contributed by atoms with Gasteiger partial charge in [0.15, 0.2) is 0 Å². The number of hydrogen-bond donors (Lipinski definition) is 1. The zero-order valence-corrected chi connectivity index (χ0v) is 14.2. The first-order valence-electron chi connectivity index (χ1n) is 8.88. The second-order valence-corrected chi connectivity index (χ2v) is 7.33. The maximum absolute atomic E-state index is 6.63. The van der Waals surface area contributed by atoms with Crippen LogP contribution in [-0.4, -0.2) is 24.0 Å². The van der Waals surface area contributed by atoms with Crippen molar-refractivity contribution in [3.63, 3.8) is 0 Å². The van der Waals surface area contributed by atoms with Crippen molar-refractivity contribution in [2.45, 2.75) is 45.1 Å². The van der Waals surface area contributed by atoms with Crippen LogP contribution < -0.4 is 5.73 Å². The molecular weight excluding hydrogens is 280 g/mol. The van der Waals surface area contributed by atoms with Crippen LogP contribution in [0.15, 0.2) is 36.4 Å². The van der Waals surface area contributed by atoms with Gasteiger partial charge in [-0.2, -0.15) is 0 Å².